The van der Waals surface area contributed by atoms with Crippen LogP contribution in [-0.2, 0) is 26.1 Å². The fourth-order valence-electron chi connectivity index (χ4n) is 5.54. The first-order chi connectivity index (χ1) is 22.8. The van der Waals surface area contributed by atoms with Crippen molar-refractivity contribution in [2.24, 2.45) is 0 Å². The zero-order valence-corrected chi connectivity index (χ0v) is 26.7. The van der Waals surface area contributed by atoms with E-state index in [-0.39, 0.29) is 23.0 Å². The summed E-state index contributed by atoms with van der Waals surface area (Å²) in [6, 6.07) is 35.5. The van der Waals surface area contributed by atoms with Crippen molar-refractivity contribution in [3.05, 3.63) is 155 Å². The SMILES string of the molecule is O=C(O)c1cccnc1SCC1OC(c2cccc(NS(=O)(=O)c3ccccc3)c2)OC(c2ccc(CO)cc2)C1c1ccccc1. The highest BCUT2D eigenvalue weighted by Crippen LogP contribution is 2.48. The number of carboxylic acid groups (broad SMARTS) is 1. The van der Waals surface area contributed by atoms with E-state index in [1.54, 1.807) is 48.7 Å². The van der Waals surface area contributed by atoms with Gasteiger partial charge in [-0.15, -0.1) is 11.8 Å². The van der Waals surface area contributed by atoms with Crippen LogP contribution < -0.4 is 4.72 Å². The van der Waals surface area contributed by atoms with Crippen molar-refractivity contribution in [3.63, 3.8) is 0 Å². The molecule has 0 radical (unpaired) electrons. The summed E-state index contributed by atoms with van der Waals surface area (Å²) in [6.45, 7) is -0.0966. The van der Waals surface area contributed by atoms with Crippen LogP contribution in [0.1, 0.15) is 50.9 Å². The van der Waals surface area contributed by atoms with Gasteiger partial charge < -0.3 is 19.7 Å². The molecule has 1 aromatic heterocycles. The lowest BCUT2D eigenvalue weighted by Crippen LogP contribution is -2.38. The average Bonchev–Trinajstić information content (AvgIpc) is 3.11. The van der Waals surface area contributed by atoms with Crippen molar-refractivity contribution < 1.29 is 32.9 Å². The lowest BCUT2D eigenvalue weighted by molar-refractivity contribution is -0.255. The zero-order valence-electron chi connectivity index (χ0n) is 25.0. The first-order valence-electron chi connectivity index (χ1n) is 14.9. The number of benzene rings is 4. The number of hydrogen-bond donors (Lipinski definition) is 3. The summed E-state index contributed by atoms with van der Waals surface area (Å²) in [7, 11) is -3.84. The molecule has 1 aliphatic rings. The molecule has 5 aromatic rings. The zero-order chi connectivity index (χ0) is 32.8. The van der Waals surface area contributed by atoms with Gasteiger partial charge in [-0.3, -0.25) is 4.72 Å². The van der Waals surface area contributed by atoms with Gasteiger partial charge in [0.05, 0.1) is 29.3 Å². The quantitative estimate of drug-likeness (QED) is 0.130. The third-order valence-electron chi connectivity index (χ3n) is 7.82. The van der Waals surface area contributed by atoms with E-state index in [1.807, 2.05) is 60.7 Å². The summed E-state index contributed by atoms with van der Waals surface area (Å²) in [6.07, 6.45) is -0.337. The number of ether oxygens (including phenoxy) is 2. The van der Waals surface area contributed by atoms with Crippen LogP contribution in [0.3, 0.4) is 0 Å². The molecule has 3 N–H and O–H groups in total. The molecule has 1 saturated heterocycles. The Kier molecular flexibility index (Phi) is 10.00. The number of nitrogens with one attached hydrogen (secondary N) is 1. The number of aliphatic hydroxyl groups excluding tert-OH is 1. The molecule has 2 heterocycles. The van der Waals surface area contributed by atoms with Crippen LogP contribution in [0.15, 0.2) is 137 Å². The molecular formula is C36H32N2O7S2. The molecule has 4 unspecified atom stereocenters. The Hall–Kier alpha value is -4.52. The molecular weight excluding hydrogens is 637 g/mol. The Morgan fingerprint density at radius 1 is 0.809 bits per heavy atom. The van der Waals surface area contributed by atoms with E-state index in [1.165, 1.54) is 30.0 Å². The van der Waals surface area contributed by atoms with Crippen LogP contribution in [-0.4, -0.2) is 41.4 Å². The number of aliphatic hydroxyl groups is 1. The first kappa shape index (κ1) is 32.4. The summed E-state index contributed by atoms with van der Waals surface area (Å²) >= 11 is 1.29. The number of nitrogens with zero attached hydrogens (tertiary/aromatic N) is 1. The van der Waals surface area contributed by atoms with E-state index >= 15 is 0 Å². The molecule has 0 amide bonds. The Labute approximate surface area is 277 Å². The van der Waals surface area contributed by atoms with E-state index in [2.05, 4.69) is 9.71 Å². The van der Waals surface area contributed by atoms with Crippen molar-refractivity contribution >= 4 is 33.4 Å². The Morgan fingerprint density at radius 2 is 1.51 bits per heavy atom. The summed E-state index contributed by atoms with van der Waals surface area (Å²) in [5.41, 5.74) is 3.64. The number of carboxylic acids is 1. The topological polar surface area (TPSA) is 135 Å². The predicted octanol–water partition coefficient (Wildman–Crippen LogP) is 6.80. The largest absolute Gasteiger partial charge is 0.478 e. The highest BCUT2D eigenvalue weighted by Gasteiger charge is 2.42. The molecule has 0 bridgehead atoms. The first-order valence-corrected chi connectivity index (χ1v) is 17.3. The number of aromatic carboxylic acids is 1. The molecule has 47 heavy (non-hydrogen) atoms. The van der Waals surface area contributed by atoms with Crippen LogP contribution in [0.4, 0.5) is 5.69 Å². The number of anilines is 1. The number of carbonyl (C=O) groups is 1. The van der Waals surface area contributed by atoms with E-state index in [0.717, 1.165) is 16.7 Å². The molecule has 4 atom stereocenters. The van der Waals surface area contributed by atoms with Gasteiger partial charge in [0, 0.05) is 29.1 Å². The maximum Gasteiger partial charge on any atom is 0.338 e. The van der Waals surface area contributed by atoms with Gasteiger partial charge in [-0.2, -0.15) is 0 Å². The highest BCUT2D eigenvalue weighted by molar-refractivity contribution is 7.99. The van der Waals surface area contributed by atoms with Crippen molar-refractivity contribution in [1.29, 1.82) is 0 Å². The molecule has 0 aliphatic carbocycles. The number of rotatable bonds is 11. The molecule has 0 spiro atoms. The highest BCUT2D eigenvalue weighted by atomic mass is 32.2. The number of pyridine rings is 1. The minimum Gasteiger partial charge on any atom is -0.478 e. The van der Waals surface area contributed by atoms with Gasteiger partial charge >= 0.3 is 5.97 Å². The van der Waals surface area contributed by atoms with Gasteiger partial charge in [-0.1, -0.05) is 84.9 Å². The van der Waals surface area contributed by atoms with E-state index < -0.39 is 34.5 Å². The molecule has 1 fully saturated rings. The maximum absolute atomic E-state index is 13.1. The third kappa shape index (κ3) is 7.56. The fraction of sp³-hybridized carbons (Fsp3) is 0.167. The summed E-state index contributed by atoms with van der Waals surface area (Å²) in [5, 5.41) is 19.8. The third-order valence-corrected chi connectivity index (χ3v) is 10.3. The second-order valence-corrected chi connectivity index (χ2v) is 13.6. The van der Waals surface area contributed by atoms with Crippen molar-refractivity contribution in [1.82, 2.24) is 4.98 Å². The minimum atomic E-state index is -3.84. The van der Waals surface area contributed by atoms with Gasteiger partial charge in [-0.25, -0.2) is 18.2 Å². The van der Waals surface area contributed by atoms with Crippen molar-refractivity contribution in [2.75, 3.05) is 10.5 Å². The lowest BCUT2D eigenvalue weighted by atomic mass is 9.84. The van der Waals surface area contributed by atoms with Gasteiger partial charge in [-0.05, 0) is 53.1 Å². The molecule has 11 heteroatoms. The molecule has 9 nitrogen and oxygen atoms in total. The van der Waals surface area contributed by atoms with Crippen molar-refractivity contribution in [3.8, 4) is 0 Å². The Bertz CT molecular complexity index is 1920. The van der Waals surface area contributed by atoms with Gasteiger partial charge in [0.15, 0.2) is 6.29 Å². The summed E-state index contributed by atoms with van der Waals surface area (Å²) in [5.74, 6) is -1.03. The smallest absolute Gasteiger partial charge is 0.338 e. The second kappa shape index (κ2) is 14.5. The Morgan fingerprint density at radius 3 is 2.21 bits per heavy atom. The standard InChI is InChI=1S/C36H32N2O7S2/c39-22-24-16-18-26(19-17-24)33-32(25-9-3-1-4-10-25)31(23-46-34-30(35(40)41)15-8-20-37-34)44-36(45-33)27-11-7-12-28(21-27)38-47(42,43)29-13-5-2-6-14-29/h1-21,31-33,36,38-39H,22-23H2,(H,40,41). The minimum absolute atomic E-state index is 0.0966. The van der Waals surface area contributed by atoms with Crippen LogP contribution >= 0.6 is 11.8 Å². The van der Waals surface area contributed by atoms with Crippen molar-refractivity contribution in [2.45, 2.75) is 40.9 Å². The molecule has 0 saturated carbocycles. The number of thioether (sulfide) groups is 1. The van der Waals surface area contributed by atoms with Gasteiger partial charge in [0.1, 0.15) is 5.03 Å². The van der Waals surface area contributed by atoms with Gasteiger partial charge in [0.25, 0.3) is 10.0 Å². The summed E-state index contributed by atoms with van der Waals surface area (Å²) in [4.78, 5) is 16.4. The van der Waals surface area contributed by atoms with E-state index in [4.69, 9.17) is 9.47 Å². The molecule has 240 valence electrons. The van der Waals surface area contributed by atoms with Gasteiger partial charge in [0.2, 0.25) is 0 Å². The molecule has 1 aliphatic heterocycles. The fourth-order valence-corrected chi connectivity index (χ4v) is 7.67. The monoisotopic (exact) mass is 668 g/mol. The number of sulfonamides is 1. The second-order valence-electron chi connectivity index (χ2n) is 10.9. The Balaban J connectivity index is 1.37. The van der Waals surface area contributed by atoms with Crippen LogP contribution in [0, 0.1) is 0 Å². The van der Waals surface area contributed by atoms with E-state index in [9.17, 15) is 23.4 Å². The average molecular weight is 669 g/mol. The maximum atomic E-state index is 13.1. The van der Waals surface area contributed by atoms with Crippen LogP contribution in [0.5, 0.6) is 0 Å². The number of aromatic nitrogens is 1. The predicted molar refractivity (Wildman–Crippen MR) is 179 cm³/mol. The summed E-state index contributed by atoms with van der Waals surface area (Å²) < 4.78 is 42.2. The van der Waals surface area contributed by atoms with Crippen LogP contribution in [0.2, 0.25) is 0 Å². The lowest BCUT2D eigenvalue weighted by Gasteiger charge is -2.43. The molecule has 6 rings (SSSR count). The number of hydrogen-bond acceptors (Lipinski definition) is 8. The van der Waals surface area contributed by atoms with Crippen LogP contribution in [0.25, 0.3) is 0 Å². The van der Waals surface area contributed by atoms with E-state index in [0.29, 0.717) is 22.0 Å². The normalized spacial score (nSPS) is 19.6. The molecule has 4 aromatic carbocycles.